The maximum Gasteiger partial charge on any atom is 0.140 e. The molecule has 2 aromatic heterocycles. The first-order chi connectivity index (χ1) is 17.7. The topological polar surface area (TPSA) is 85.4 Å². The maximum absolute atomic E-state index is 6.13. The van der Waals surface area contributed by atoms with Gasteiger partial charge in [0.05, 0.1) is 29.7 Å². The number of rotatable bonds is 6. The highest BCUT2D eigenvalue weighted by molar-refractivity contribution is 5.90. The number of hydrogen-bond donors (Lipinski definition) is 1. The van der Waals surface area contributed by atoms with Crippen molar-refractivity contribution in [2.24, 2.45) is 0 Å². The summed E-state index contributed by atoms with van der Waals surface area (Å²) in [6.45, 7) is 4.95. The Kier molecular flexibility index (Phi) is 5.87. The Labute approximate surface area is 208 Å². The molecule has 0 atom stereocenters. The predicted octanol–water partition coefficient (Wildman–Crippen LogP) is 4.91. The molecule has 0 bridgehead atoms. The van der Waals surface area contributed by atoms with Crippen molar-refractivity contribution in [2.75, 3.05) is 38.4 Å². The summed E-state index contributed by atoms with van der Waals surface area (Å²) in [6, 6.07) is 18.6. The number of nitrogens with zero attached hydrogens (tertiary/aromatic N) is 4. The van der Waals surface area contributed by atoms with Crippen LogP contribution in [0.5, 0.6) is 11.5 Å². The molecule has 6 rings (SSSR count). The molecule has 0 amide bonds. The molecule has 0 saturated carbocycles. The van der Waals surface area contributed by atoms with Gasteiger partial charge in [-0.1, -0.05) is 12.1 Å². The fraction of sp³-hybridized carbons (Fsp3) is 0.250. The van der Waals surface area contributed by atoms with Crippen LogP contribution in [0.3, 0.4) is 0 Å². The van der Waals surface area contributed by atoms with Gasteiger partial charge in [-0.3, -0.25) is 0 Å². The van der Waals surface area contributed by atoms with Crippen molar-refractivity contribution in [3.63, 3.8) is 0 Å². The van der Waals surface area contributed by atoms with Crippen LogP contribution in [-0.4, -0.2) is 53.4 Å². The Morgan fingerprint density at radius 3 is 2.75 bits per heavy atom. The lowest BCUT2D eigenvalue weighted by atomic mass is 10.0. The molecule has 3 heterocycles. The summed E-state index contributed by atoms with van der Waals surface area (Å²) in [6.07, 6.45) is 1.62. The molecular weight excluding hydrogens is 454 g/mol. The molecule has 36 heavy (non-hydrogen) atoms. The van der Waals surface area contributed by atoms with Crippen molar-refractivity contribution in [1.29, 1.82) is 0 Å². The number of H-pyrrole nitrogens is 1. The van der Waals surface area contributed by atoms with Gasteiger partial charge in [0, 0.05) is 24.6 Å². The lowest BCUT2D eigenvalue weighted by Gasteiger charge is -2.22. The van der Waals surface area contributed by atoms with E-state index in [-0.39, 0.29) is 0 Å². The van der Waals surface area contributed by atoms with Crippen molar-refractivity contribution in [2.45, 2.75) is 13.5 Å². The summed E-state index contributed by atoms with van der Waals surface area (Å²) >= 11 is 0. The number of aromatic amines is 1. The highest BCUT2D eigenvalue weighted by Gasteiger charge is 2.20. The number of imidazole rings is 1. The molecule has 1 aliphatic heterocycles. The van der Waals surface area contributed by atoms with Crippen molar-refractivity contribution >= 4 is 27.8 Å². The van der Waals surface area contributed by atoms with E-state index in [2.05, 4.69) is 61.2 Å². The number of aromatic nitrogens is 4. The first-order valence-electron chi connectivity index (χ1n) is 12.0. The van der Waals surface area contributed by atoms with Crippen LogP contribution >= 0.6 is 0 Å². The molecule has 0 radical (unpaired) electrons. The molecule has 1 N–H and O–H groups in total. The largest absolute Gasteiger partial charge is 0.491 e. The average Bonchev–Trinajstić information content (AvgIpc) is 3.14. The summed E-state index contributed by atoms with van der Waals surface area (Å²) in [4.78, 5) is 19.2. The minimum atomic E-state index is 0.489. The Hall–Kier alpha value is -4.17. The van der Waals surface area contributed by atoms with E-state index >= 15 is 0 Å². The Morgan fingerprint density at radius 1 is 0.972 bits per heavy atom. The van der Waals surface area contributed by atoms with E-state index in [0.717, 1.165) is 61.8 Å². The summed E-state index contributed by atoms with van der Waals surface area (Å²) in [7, 11) is 1.66. The van der Waals surface area contributed by atoms with Crippen molar-refractivity contribution in [3.8, 4) is 22.6 Å². The number of fused-ring (bicyclic) bond motifs is 3. The second kappa shape index (κ2) is 9.47. The Morgan fingerprint density at radius 2 is 1.83 bits per heavy atom. The zero-order chi connectivity index (χ0) is 24.5. The number of hydrogen-bond acceptors (Lipinski definition) is 7. The van der Waals surface area contributed by atoms with Crippen LogP contribution in [0.1, 0.15) is 11.4 Å². The third-order valence-corrected chi connectivity index (χ3v) is 6.42. The van der Waals surface area contributed by atoms with Gasteiger partial charge in [-0.15, -0.1) is 0 Å². The number of anilines is 1. The van der Waals surface area contributed by atoms with Crippen molar-refractivity contribution in [3.05, 3.63) is 72.3 Å². The lowest BCUT2D eigenvalue weighted by molar-refractivity contribution is 0.146. The van der Waals surface area contributed by atoms with Crippen LogP contribution < -0.4 is 14.4 Å². The van der Waals surface area contributed by atoms with Gasteiger partial charge in [0.15, 0.2) is 0 Å². The predicted molar refractivity (Wildman–Crippen MR) is 140 cm³/mol. The Bertz CT molecular complexity index is 1550. The summed E-state index contributed by atoms with van der Waals surface area (Å²) in [5.41, 5.74) is 6.27. The summed E-state index contributed by atoms with van der Waals surface area (Å²) in [5, 5.41) is 0.951. The van der Waals surface area contributed by atoms with Gasteiger partial charge in [0.2, 0.25) is 0 Å². The van der Waals surface area contributed by atoms with Crippen LogP contribution in [0.4, 0.5) is 5.82 Å². The molecule has 182 valence electrons. The van der Waals surface area contributed by atoms with E-state index < -0.39 is 0 Å². The fourth-order valence-corrected chi connectivity index (χ4v) is 4.68. The van der Waals surface area contributed by atoms with Gasteiger partial charge in [-0.2, -0.15) is 0 Å². The molecule has 0 spiro atoms. The number of methoxy groups -OCH3 is 1. The van der Waals surface area contributed by atoms with Crippen LogP contribution in [0.25, 0.3) is 33.1 Å². The molecule has 0 unspecified atom stereocenters. The zero-order valence-corrected chi connectivity index (χ0v) is 20.3. The zero-order valence-electron chi connectivity index (χ0n) is 20.3. The van der Waals surface area contributed by atoms with Crippen LogP contribution in [0.15, 0.2) is 60.9 Å². The number of benzene rings is 3. The van der Waals surface area contributed by atoms with E-state index in [9.17, 15) is 0 Å². The van der Waals surface area contributed by atoms with E-state index in [1.165, 1.54) is 0 Å². The molecule has 1 aliphatic rings. The van der Waals surface area contributed by atoms with Gasteiger partial charge in [0.25, 0.3) is 0 Å². The number of aryl methyl sites for hydroxylation is 1. The minimum Gasteiger partial charge on any atom is -0.491 e. The quantitative estimate of drug-likeness (QED) is 0.345. The molecule has 8 nitrogen and oxygen atoms in total. The maximum atomic E-state index is 6.13. The van der Waals surface area contributed by atoms with Gasteiger partial charge in [-0.25, -0.2) is 15.0 Å². The van der Waals surface area contributed by atoms with Crippen LogP contribution in [0, 0.1) is 6.92 Å². The summed E-state index contributed by atoms with van der Waals surface area (Å²) < 4.78 is 17.1. The highest BCUT2D eigenvalue weighted by atomic mass is 16.5. The van der Waals surface area contributed by atoms with E-state index in [4.69, 9.17) is 14.2 Å². The molecule has 3 aromatic carbocycles. The van der Waals surface area contributed by atoms with Gasteiger partial charge < -0.3 is 24.1 Å². The number of nitrogens with one attached hydrogen (secondary N) is 1. The van der Waals surface area contributed by atoms with Crippen molar-refractivity contribution in [1.82, 2.24) is 19.9 Å². The molecule has 0 fully saturated rings. The van der Waals surface area contributed by atoms with Crippen molar-refractivity contribution < 1.29 is 14.2 Å². The molecule has 0 saturated heterocycles. The first-order valence-corrected chi connectivity index (χ1v) is 12.0. The third-order valence-electron chi connectivity index (χ3n) is 6.42. The monoisotopic (exact) mass is 481 g/mol. The first kappa shape index (κ1) is 22.3. The summed E-state index contributed by atoms with van der Waals surface area (Å²) in [5.74, 6) is 3.46. The van der Waals surface area contributed by atoms with E-state index in [0.29, 0.717) is 32.9 Å². The normalized spacial score (nSPS) is 13.4. The van der Waals surface area contributed by atoms with Gasteiger partial charge in [-0.05, 0) is 60.5 Å². The molecule has 5 aromatic rings. The van der Waals surface area contributed by atoms with E-state index in [1.807, 2.05) is 25.1 Å². The second-order valence-corrected chi connectivity index (χ2v) is 8.86. The van der Waals surface area contributed by atoms with Gasteiger partial charge >= 0.3 is 0 Å². The average molecular weight is 482 g/mol. The third kappa shape index (κ3) is 4.31. The fourth-order valence-electron chi connectivity index (χ4n) is 4.68. The lowest BCUT2D eigenvalue weighted by Crippen LogP contribution is -2.26. The number of ether oxygens (including phenoxy) is 3. The molecule has 0 aliphatic carbocycles. The molecular formula is C28H27N5O3. The second-order valence-electron chi connectivity index (χ2n) is 8.86. The Balaban J connectivity index is 1.34. The highest BCUT2D eigenvalue weighted by Crippen LogP contribution is 2.34. The standard InChI is InChI=1S/C28H27N5O3/c1-18-31-25-6-3-20(14-26(25)32-18)19-4-8-27-21(13-19)16-33(9-10-36-27)28-23-15-22(35-12-11-34-2)5-7-24(23)29-17-30-28/h3-8,13-15,17H,9-12,16H2,1-2H3,(H,31,32). The van der Waals surface area contributed by atoms with Gasteiger partial charge in [0.1, 0.15) is 42.7 Å². The minimum absolute atomic E-state index is 0.489. The van der Waals surface area contributed by atoms with Crippen LogP contribution in [-0.2, 0) is 11.3 Å². The van der Waals surface area contributed by atoms with Crippen LogP contribution in [0.2, 0.25) is 0 Å². The van der Waals surface area contributed by atoms with E-state index in [1.54, 1.807) is 13.4 Å². The smallest absolute Gasteiger partial charge is 0.140 e. The molecule has 8 heteroatoms. The SMILES string of the molecule is COCCOc1ccc2ncnc(N3CCOc4ccc(-c5ccc6nc(C)[nH]c6c5)cc4C3)c2c1.